The predicted octanol–water partition coefficient (Wildman–Crippen LogP) is 2.69. The van der Waals surface area contributed by atoms with Gasteiger partial charge in [-0.1, -0.05) is 18.9 Å². The van der Waals surface area contributed by atoms with E-state index in [1.54, 1.807) is 4.68 Å². The van der Waals surface area contributed by atoms with Gasteiger partial charge in [0.15, 0.2) is 5.82 Å². The molecule has 0 amide bonds. The van der Waals surface area contributed by atoms with Gasteiger partial charge in [0, 0.05) is 11.6 Å². The van der Waals surface area contributed by atoms with Gasteiger partial charge < -0.3 is 5.73 Å². The average molecular weight is 267 g/mol. The van der Waals surface area contributed by atoms with Gasteiger partial charge in [-0.2, -0.15) is 15.0 Å². The average Bonchev–Trinajstić information content (AvgIpc) is 3.05. The van der Waals surface area contributed by atoms with Crippen LogP contribution in [0.15, 0.2) is 18.2 Å². The highest BCUT2D eigenvalue weighted by atomic mass is 15.3. The van der Waals surface area contributed by atoms with Crippen molar-refractivity contribution in [2.45, 2.75) is 38.5 Å². The number of anilines is 1. The molecule has 2 heterocycles. The van der Waals surface area contributed by atoms with Crippen LogP contribution in [0.2, 0.25) is 0 Å². The van der Waals surface area contributed by atoms with Crippen LogP contribution in [0.4, 0.5) is 5.82 Å². The van der Waals surface area contributed by atoms with Crippen molar-refractivity contribution in [1.82, 2.24) is 14.8 Å². The Morgan fingerprint density at radius 1 is 1.35 bits per heavy atom. The third-order valence-electron chi connectivity index (χ3n) is 3.89. The molecule has 5 nitrogen and oxygen atoms in total. The van der Waals surface area contributed by atoms with Crippen LogP contribution in [-0.4, -0.2) is 14.8 Å². The first kappa shape index (κ1) is 12.7. The molecule has 0 saturated heterocycles. The van der Waals surface area contributed by atoms with Gasteiger partial charge in [-0.3, -0.25) is 0 Å². The molecule has 1 aliphatic carbocycles. The highest BCUT2D eigenvalue weighted by Gasteiger charge is 2.26. The topological polar surface area (TPSA) is 80.5 Å². The summed E-state index contributed by atoms with van der Waals surface area (Å²) in [5, 5.41) is 14.0. The largest absolute Gasteiger partial charge is 0.382 e. The standard InChI is InChI=1S/C15H17N5/c1-10-5-4-8-13(18-10)20-15(17)12(9-16)14(19-20)11-6-2-3-7-11/h4-5,8,11H,2-3,6-7,17H2,1H3. The lowest BCUT2D eigenvalue weighted by Gasteiger charge is -2.05. The molecule has 102 valence electrons. The fourth-order valence-corrected chi connectivity index (χ4v) is 2.87. The highest BCUT2D eigenvalue weighted by molar-refractivity contribution is 5.56. The predicted molar refractivity (Wildman–Crippen MR) is 76.4 cm³/mol. The van der Waals surface area contributed by atoms with Crippen LogP contribution in [0, 0.1) is 18.3 Å². The van der Waals surface area contributed by atoms with Crippen molar-refractivity contribution in [3.05, 3.63) is 35.2 Å². The minimum absolute atomic E-state index is 0.359. The van der Waals surface area contributed by atoms with E-state index in [1.807, 2.05) is 25.1 Å². The van der Waals surface area contributed by atoms with Crippen molar-refractivity contribution in [1.29, 1.82) is 5.26 Å². The van der Waals surface area contributed by atoms with E-state index in [0.29, 0.717) is 23.1 Å². The van der Waals surface area contributed by atoms with Gasteiger partial charge in [-0.15, -0.1) is 0 Å². The molecule has 0 aromatic carbocycles. The molecule has 2 aromatic rings. The van der Waals surface area contributed by atoms with Gasteiger partial charge in [-0.05, 0) is 31.9 Å². The fourth-order valence-electron chi connectivity index (χ4n) is 2.87. The Hall–Kier alpha value is -2.35. The minimum Gasteiger partial charge on any atom is -0.382 e. The maximum absolute atomic E-state index is 9.37. The SMILES string of the molecule is Cc1cccc(-n2nc(C3CCCC3)c(C#N)c2N)n1. The van der Waals surface area contributed by atoms with Gasteiger partial charge in [-0.25, -0.2) is 4.98 Å². The van der Waals surface area contributed by atoms with E-state index >= 15 is 0 Å². The molecule has 20 heavy (non-hydrogen) atoms. The van der Waals surface area contributed by atoms with Crippen LogP contribution in [0.25, 0.3) is 5.82 Å². The molecule has 1 aliphatic rings. The van der Waals surface area contributed by atoms with Crippen LogP contribution >= 0.6 is 0 Å². The van der Waals surface area contributed by atoms with Crippen molar-refractivity contribution in [2.75, 3.05) is 5.73 Å². The second kappa shape index (κ2) is 4.97. The van der Waals surface area contributed by atoms with Crippen molar-refractivity contribution in [3.8, 4) is 11.9 Å². The van der Waals surface area contributed by atoms with E-state index in [0.717, 1.165) is 24.2 Å². The van der Waals surface area contributed by atoms with E-state index in [4.69, 9.17) is 5.73 Å². The summed E-state index contributed by atoms with van der Waals surface area (Å²) in [6.45, 7) is 1.92. The lowest BCUT2D eigenvalue weighted by Crippen LogP contribution is -2.05. The molecule has 5 heteroatoms. The number of nitrogens with zero attached hydrogens (tertiary/aromatic N) is 4. The molecule has 0 spiro atoms. The first-order valence-electron chi connectivity index (χ1n) is 6.93. The second-order valence-corrected chi connectivity index (χ2v) is 5.29. The van der Waals surface area contributed by atoms with Gasteiger partial charge in [0.1, 0.15) is 17.5 Å². The number of aromatic nitrogens is 3. The summed E-state index contributed by atoms with van der Waals surface area (Å²) in [6, 6.07) is 7.91. The summed E-state index contributed by atoms with van der Waals surface area (Å²) in [6.07, 6.45) is 4.58. The Bertz CT molecular complexity index is 674. The van der Waals surface area contributed by atoms with Crippen LogP contribution in [0.3, 0.4) is 0 Å². The molecular formula is C15H17N5. The number of aryl methyl sites for hydroxylation is 1. The van der Waals surface area contributed by atoms with E-state index in [1.165, 1.54) is 12.8 Å². The zero-order valence-corrected chi connectivity index (χ0v) is 11.5. The normalized spacial score (nSPS) is 15.4. The summed E-state index contributed by atoms with van der Waals surface area (Å²) >= 11 is 0. The third kappa shape index (κ3) is 2.03. The monoisotopic (exact) mass is 267 g/mol. The Morgan fingerprint density at radius 2 is 2.10 bits per heavy atom. The molecule has 1 saturated carbocycles. The molecule has 2 aromatic heterocycles. The fraction of sp³-hybridized carbons (Fsp3) is 0.400. The molecule has 0 bridgehead atoms. The van der Waals surface area contributed by atoms with Crippen LogP contribution in [0.5, 0.6) is 0 Å². The molecule has 2 N–H and O–H groups in total. The van der Waals surface area contributed by atoms with Crippen molar-refractivity contribution >= 4 is 5.82 Å². The summed E-state index contributed by atoms with van der Waals surface area (Å²) in [4.78, 5) is 4.43. The zero-order valence-electron chi connectivity index (χ0n) is 11.5. The Kier molecular flexibility index (Phi) is 3.15. The van der Waals surface area contributed by atoms with Gasteiger partial charge in [0.2, 0.25) is 0 Å². The van der Waals surface area contributed by atoms with Gasteiger partial charge in [0.05, 0.1) is 5.69 Å². The van der Waals surface area contributed by atoms with E-state index in [2.05, 4.69) is 16.2 Å². The van der Waals surface area contributed by atoms with Crippen molar-refractivity contribution in [3.63, 3.8) is 0 Å². The number of rotatable bonds is 2. The Balaban J connectivity index is 2.11. The van der Waals surface area contributed by atoms with Crippen LogP contribution in [0.1, 0.15) is 48.6 Å². The lowest BCUT2D eigenvalue weighted by atomic mass is 10.0. The molecule has 0 atom stereocenters. The van der Waals surface area contributed by atoms with E-state index < -0.39 is 0 Å². The summed E-state index contributed by atoms with van der Waals surface area (Å²) < 4.78 is 1.60. The second-order valence-electron chi connectivity index (χ2n) is 5.29. The van der Waals surface area contributed by atoms with Gasteiger partial charge in [0.25, 0.3) is 0 Å². The first-order chi connectivity index (χ1) is 9.70. The molecule has 3 rings (SSSR count). The molecule has 0 aliphatic heterocycles. The van der Waals surface area contributed by atoms with Crippen molar-refractivity contribution < 1.29 is 0 Å². The maximum Gasteiger partial charge on any atom is 0.155 e. The number of nitrogens with two attached hydrogens (primary N) is 1. The number of nitrogen functional groups attached to an aromatic ring is 1. The lowest BCUT2D eigenvalue weighted by molar-refractivity contribution is 0.675. The summed E-state index contributed by atoms with van der Waals surface area (Å²) in [5.74, 6) is 1.42. The quantitative estimate of drug-likeness (QED) is 0.907. The molecule has 0 radical (unpaired) electrons. The Morgan fingerprint density at radius 3 is 2.75 bits per heavy atom. The first-order valence-corrected chi connectivity index (χ1v) is 6.93. The van der Waals surface area contributed by atoms with Crippen LogP contribution in [-0.2, 0) is 0 Å². The highest BCUT2D eigenvalue weighted by Crippen LogP contribution is 2.36. The summed E-state index contributed by atoms with van der Waals surface area (Å²) in [5.41, 5.74) is 8.36. The molecular weight excluding hydrogens is 250 g/mol. The van der Waals surface area contributed by atoms with Crippen molar-refractivity contribution in [2.24, 2.45) is 0 Å². The number of pyridine rings is 1. The third-order valence-corrected chi connectivity index (χ3v) is 3.89. The van der Waals surface area contributed by atoms with Gasteiger partial charge >= 0.3 is 0 Å². The molecule has 1 fully saturated rings. The number of nitriles is 1. The van der Waals surface area contributed by atoms with E-state index in [-0.39, 0.29) is 0 Å². The smallest absolute Gasteiger partial charge is 0.155 e. The number of hydrogen-bond acceptors (Lipinski definition) is 4. The van der Waals surface area contributed by atoms with E-state index in [9.17, 15) is 5.26 Å². The Labute approximate surface area is 118 Å². The van der Waals surface area contributed by atoms with Crippen LogP contribution < -0.4 is 5.73 Å². The summed E-state index contributed by atoms with van der Waals surface area (Å²) in [7, 11) is 0. The minimum atomic E-state index is 0.359. The maximum atomic E-state index is 9.37. The molecule has 0 unspecified atom stereocenters. The number of hydrogen-bond donors (Lipinski definition) is 1. The zero-order chi connectivity index (χ0) is 14.1.